The van der Waals surface area contributed by atoms with Crippen molar-refractivity contribution >= 4 is 17.2 Å². The third-order valence-electron chi connectivity index (χ3n) is 3.19. The topological polar surface area (TPSA) is 90.9 Å². The molecule has 0 saturated carbocycles. The molecule has 0 spiro atoms. The average Bonchev–Trinajstić information content (AvgIpc) is 2.87. The van der Waals surface area contributed by atoms with Gasteiger partial charge in [-0.2, -0.15) is 0 Å². The number of rotatable bonds is 2. The molecule has 2 heterocycles. The normalized spacial score (nSPS) is 11.8. The highest BCUT2D eigenvalue weighted by molar-refractivity contribution is 7.07. The van der Waals surface area contributed by atoms with Crippen LogP contribution in [0.4, 0.5) is 5.82 Å². The molecule has 0 fully saturated rings. The molecule has 0 aliphatic carbocycles. The zero-order chi connectivity index (χ0) is 15.7. The Labute approximate surface area is 129 Å². The zero-order valence-corrected chi connectivity index (χ0v) is 12.4. The van der Waals surface area contributed by atoms with Gasteiger partial charge in [-0.25, -0.2) is 9.98 Å². The summed E-state index contributed by atoms with van der Waals surface area (Å²) in [7, 11) is 1.80. The van der Waals surface area contributed by atoms with Crippen LogP contribution in [0, 0.1) is 0 Å². The van der Waals surface area contributed by atoms with Gasteiger partial charge in [0.05, 0.1) is 5.69 Å². The molecule has 1 aromatic carbocycles. The van der Waals surface area contributed by atoms with E-state index in [4.69, 9.17) is 0 Å². The summed E-state index contributed by atoms with van der Waals surface area (Å²) in [5, 5.41) is 30.8. The van der Waals surface area contributed by atoms with E-state index in [0.717, 1.165) is 0 Å². The lowest BCUT2D eigenvalue weighted by atomic mass is 10.1. The molecule has 3 rings (SSSR count). The SMILES string of the molecule is Cn1c(-c2ccc(O)c(O)c2O)csc1=Nc1ccccn1. The number of phenols is 3. The van der Waals surface area contributed by atoms with Crippen molar-refractivity contribution < 1.29 is 15.3 Å². The van der Waals surface area contributed by atoms with Crippen LogP contribution in [-0.4, -0.2) is 24.9 Å². The van der Waals surface area contributed by atoms with Crippen molar-refractivity contribution in [1.82, 2.24) is 9.55 Å². The number of thiazole rings is 1. The Morgan fingerprint density at radius 2 is 1.91 bits per heavy atom. The van der Waals surface area contributed by atoms with Gasteiger partial charge in [0, 0.05) is 24.2 Å². The Morgan fingerprint density at radius 1 is 1.09 bits per heavy atom. The summed E-state index contributed by atoms with van der Waals surface area (Å²) in [6, 6.07) is 8.33. The summed E-state index contributed by atoms with van der Waals surface area (Å²) in [6.07, 6.45) is 1.66. The van der Waals surface area contributed by atoms with E-state index in [1.54, 1.807) is 23.9 Å². The van der Waals surface area contributed by atoms with Gasteiger partial charge in [-0.3, -0.25) is 0 Å². The highest BCUT2D eigenvalue weighted by atomic mass is 32.1. The van der Waals surface area contributed by atoms with Crippen molar-refractivity contribution in [3.8, 4) is 28.5 Å². The van der Waals surface area contributed by atoms with Gasteiger partial charge in [-0.1, -0.05) is 6.07 Å². The summed E-state index contributed by atoms with van der Waals surface area (Å²) in [4.78, 5) is 9.27. The molecule has 3 aromatic rings. The largest absolute Gasteiger partial charge is 0.504 e. The van der Waals surface area contributed by atoms with Gasteiger partial charge in [0.2, 0.25) is 5.75 Å². The fourth-order valence-electron chi connectivity index (χ4n) is 2.01. The van der Waals surface area contributed by atoms with Crippen molar-refractivity contribution in [2.24, 2.45) is 12.0 Å². The monoisotopic (exact) mass is 315 g/mol. The van der Waals surface area contributed by atoms with E-state index in [2.05, 4.69) is 9.98 Å². The Kier molecular flexibility index (Phi) is 3.56. The molecule has 0 aliphatic rings. The van der Waals surface area contributed by atoms with Crippen molar-refractivity contribution in [2.45, 2.75) is 0 Å². The lowest BCUT2D eigenvalue weighted by Gasteiger charge is -2.08. The third kappa shape index (κ3) is 2.42. The molecule has 7 heteroatoms. The maximum Gasteiger partial charge on any atom is 0.200 e. The van der Waals surface area contributed by atoms with Gasteiger partial charge in [0.25, 0.3) is 0 Å². The maximum atomic E-state index is 9.99. The molecule has 0 atom stereocenters. The van der Waals surface area contributed by atoms with Gasteiger partial charge in [0.15, 0.2) is 22.1 Å². The number of hydrogen-bond donors (Lipinski definition) is 3. The molecule has 3 N–H and O–H groups in total. The number of nitrogens with zero attached hydrogens (tertiary/aromatic N) is 3. The van der Waals surface area contributed by atoms with Gasteiger partial charge >= 0.3 is 0 Å². The number of benzene rings is 1. The molecule has 112 valence electrons. The lowest BCUT2D eigenvalue weighted by Crippen LogP contribution is -2.11. The first-order valence-electron chi connectivity index (χ1n) is 6.42. The van der Waals surface area contributed by atoms with E-state index in [-0.39, 0.29) is 11.5 Å². The van der Waals surface area contributed by atoms with Gasteiger partial charge in [-0.05, 0) is 24.3 Å². The molecule has 22 heavy (non-hydrogen) atoms. The van der Waals surface area contributed by atoms with Gasteiger partial charge in [-0.15, -0.1) is 11.3 Å². The first-order chi connectivity index (χ1) is 10.6. The van der Waals surface area contributed by atoms with Crippen LogP contribution in [0.3, 0.4) is 0 Å². The molecular formula is C15H13N3O3S. The molecule has 0 amide bonds. The molecule has 0 bridgehead atoms. The molecule has 0 aliphatic heterocycles. The standard InChI is InChI=1S/C15H13N3O3S/c1-18-10(9-5-6-11(19)14(21)13(9)20)8-22-15(18)17-12-4-2-3-7-16-12/h2-8,19-21H,1H3. The van der Waals surface area contributed by atoms with Crippen LogP contribution in [0.2, 0.25) is 0 Å². The minimum Gasteiger partial charge on any atom is -0.504 e. The predicted molar refractivity (Wildman–Crippen MR) is 83.2 cm³/mol. The van der Waals surface area contributed by atoms with Crippen LogP contribution in [0.1, 0.15) is 0 Å². The van der Waals surface area contributed by atoms with E-state index < -0.39 is 5.75 Å². The number of phenolic OH excluding ortho intramolecular Hbond substituents is 3. The molecule has 2 aromatic heterocycles. The number of aromatic hydroxyl groups is 3. The molecule has 6 nitrogen and oxygen atoms in total. The zero-order valence-electron chi connectivity index (χ0n) is 11.6. The Morgan fingerprint density at radius 3 is 2.64 bits per heavy atom. The lowest BCUT2D eigenvalue weighted by molar-refractivity contribution is 0.369. The minimum absolute atomic E-state index is 0.363. The number of hydrogen-bond acceptors (Lipinski definition) is 6. The second-order valence-electron chi connectivity index (χ2n) is 4.59. The second-order valence-corrected chi connectivity index (χ2v) is 5.43. The Hall–Kier alpha value is -2.80. The average molecular weight is 315 g/mol. The van der Waals surface area contributed by atoms with Gasteiger partial charge < -0.3 is 19.9 Å². The third-order valence-corrected chi connectivity index (χ3v) is 4.11. The molecule has 0 radical (unpaired) electrons. The van der Waals surface area contributed by atoms with Crippen molar-refractivity contribution in [3.63, 3.8) is 0 Å². The smallest absolute Gasteiger partial charge is 0.200 e. The molecular weight excluding hydrogens is 302 g/mol. The highest BCUT2D eigenvalue weighted by Crippen LogP contribution is 2.41. The Bertz CT molecular complexity index is 885. The summed E-state index contributed by atoms with van der Waals surface area (Å²) in [6.45, 7) is 0. The second kappa shape index (κ2) is 5.53. The molecule has 0 unspecified atom stereocenters. The van der Waals surface area contributed by atoms with E-state index in [9.17, 15) is 15.3 Å². The van der Waals surface area contributed by atoms with Crippen LogP contribution >= 0.6 is 11.3 Å². The van der Waals surface area contributed by atoms with Crippen LogP contribution in [-0.2, 0) is 7.05 Å². The summed E-state index contributed by atoms with van der Waals surface area (Å²) >= 11 is 1.39. The summed E-state index contributed by atoms with van der Waals surface area (Å²) < 4.78 is 1.78. The van der Waals surface area contributed by atoms with E-state index in [1.807, 2.05) is 17.5 Å². The molecule has 0 saturated heterocycles. The fourth-order valence-corrected chi connectivity index (χ4v) is 2.91. The van der Waals surface area contributed by atoms with Crippen molar-refractivity contribution in [3.05, 3.63) is 46.7 Å². The summed E-state index contributed by atoms with van der Waals surface area (Å²) in [5.41, 5.74) is 1.09. The predicted octanol–water partition coefficient (Wildman–Crippen LogP) is 2.50. The van der Waals surface area contributed by atoms with Crippen molar-refractivity contribution in [2.75, 3.05) is 0 Å². The minimum atomic E-state index is -0.535. The van der Waals surface area contributed by atoms with Crippen molar-refractivity contribution in [1.29, 1.82) is 0 Å². The van der Waals surface area contributed by atoms with Crippen LogP contribution in [0.5, 0.6) is 17.2 Å². The van der Waals surface area contributed by atoms with E-state index in [1.165, 1.54) is 23.5 Å². The van der Waals surface area contributed by atoms with Crippen LogP contribution in [0.15, 0.2) is 46.9 Å². The summed E-state index contributed by atoms with van der Waals surface area (Å²) in [5.74, 6) is -0.675. The quantitative estimate of drug-likeness (QED) is 0.634. The first kappa shape index (κ1) is 14.2. The fraction of sp³-hybridized carbons (Fsp3) is 0.0667. The van der Waals surface area contributed by atoms with Crippen LogP contribution in [0.25, 0.3) is 11.3 Å². The first-order valence-corrected chi connectivity index (χ1v) is 7.30. The van der Waals surface area contributed by atoms with Crippen LogP contribution < -0.4 is 4.80 Å². The highest BCUT2D eigenvalue weighted by Gasteiger charge is 2.15. The number of pyridine rings is 1. The number of aromatic nitrogens is 2. The maximum absolute atomic E-state index is 9.99. The Balaban J connectivity index is 2.12. The van der Waals surface area contributed by atoms with Gasteiger partial charge in [0.1, 0.15) is 0 Å². The van der Waals surface area contributed by atoms with E-state index >= 15 is 0 Å². The van der Waals surface area contributed by atoms with E-state index in [0.29, 0.717) is 21.9 Å².